The first kappa shape index (κ1) is 15.8. The molecule has 4 bridgehead atoms. The minimum Gasteiger partial charge on any atom is -0.469 e. The first-order valence-electron chi connectivity index (χ1n) is 8.39. The Hall–Kier alpha value is -1.10. The second-order valence-corrected chi connectivity index (χ2v) is 8.12. The van der Waals surface area contributed by atoms with Crippen LogP contribution in [0.5, 0.6) is 0 Å². The molecular weight excluding hydrogens is 280 g/mol. The van der Waals surface area contributed by atoms with Crippen LogP contribution in [0.4, 0.5) is 0 Å². The van der Waals surface area contributed by atoms with E-state index in [0.717, 1.165) is 32.1 Å². The zero-order valence-corrected chi connectivity index (χ0v) is 14.1. The van der Waals surface area contributed by atoms with Gasteiger partial charge in [0.05, 0.1) is 18.1 Å². The van der Waals surface area contributed by atoms with Crippen molar-refractivity contribution in [2.24, 2.45) is 23.2 Å². The highest BCUT2D eigenvalue weighted by Gasteiger charge is 2.59. The summed E-state index contributed by atoms with van der Waals surface area (Å²) in [6.45, 7) is 3.79. The molecule has 4 fully saturated rings. The summed E-state index contributed by atoms with van der Waals surface area (Å²) in [5.41, 5.74) is -0.834. The highest BCUT2D eigenvalue weighted by atomic mass is 16.5. The summed E-state index contributed by atoms with van der Waals surface area (Å²) in [5, 5.41) is 6.34. The number of amides is 1. The summed E-state index contributed by atoms with van der Waals surface area (Å²) in [7, 11) is 3.30. The van der Waals surface area contributed by atoms with Gasteiger partial charge in [0.2, 0.25) is 5.91 Å². The van der Waals surface area contributed by atoms with Crippen LogP contribution in [0.2, 0.25) is 0 Å². The largest absolute Gasteiger partial charge is 0.469 e. The van der Waals surface area contributed by atoms with Gasteiger partial charge in [0, 0.05) is 6.04 Å². The topological polar surface area (TPSA) is 67.4 Å². The van der Waals surface area contributed by atoms with Crippen molar-refractivity contribution in [3.05, 3.63) is 0 Å². The zero-order valence-electron chi connectivity index (χ0n) is 14.1. The number of hydrogen-bond donors (Lipinski definition) is 2. The van der Waals surface area contributed by atoms with E-state index in [1.807, 2.05) is 20.9 Å². The van der Waals surface area contributed by atoms with Crippen LogP contribution in [-0.4, -0.2) is 37.6 Å². The molecule has 4 saturated carbocycles. The number of ether oxygens (including phenoxy) is 1. The van der Waals surface area contributed by atoms with Crippen molar-refractivity contribution < 1.29 is 14.3 Å². The van der Waals surface area contributed by atoms with Gasteiger partial charge in [-0.05, 0) is 70.8 Å². The molecule has 124 valence electrons. The van der Waals surface area contributed by atoms with Gasteiger partial charge in [-0.3, -0.25) is 9.59 Å². The van der Waals surface area contributed by atoms with Gasteiger partial charge in [-0.1, -0.05) is 0 Å². The van der Waals surface area contributed by atoms with Crippen molar-refractivity contribution in [2.45, 2.75) is 57.5 Å². The van der Waals surface area contributed by atoms with Crippen molar-refractivity contribution in [1.29, 1.82) is 0 Å². The third kappa shape index (κ3) is 2.34. The van der Waals surface area contributed by atoms with E-state index >= 15 is 0 Å². The Labute approximate surface area is 132 Å². The molecule has 0 saturated heterocycles. The summed E-state index contributed by atoms with van der Waals surface area (Å²) in [5.74, 6) is 1.48. The molecule has 22 heavy (non-hydrogen) atoms. The van der Waals surface area contributed by atoms with Crippen LogP contribution in [0.25, 0.3) is 0 Å². The van der Waals surface area contributed by atoms with Gasteiger partial charge in [0.1, 0.15) is 0 Å². The van der Waals surface area contributed by atoms with Crippen LogP contribution >= 0.6 is 0 Å². The van der Waals surface area contributed by atoms with Crippen molar-refractivity contribution in [3.8, 4) is 0 Å². The molecule has 0 radical (unpaired) electrons. The molecule has 4 aliphatic rings. The molecule has 2 N–H and O–H groups in total. The van der Waals surface area contributed by atoms with Gasteiger partial charge in [-0.25, -0.2) is 0 Å². The van der Waals surface area contributed by atoms with Crippen molar-refractivity contribution in [2.75, 3.05) is 14.2 Å². The predicted molar refractivity (Wildman–Crippen MR) is 83.1 cm³/mol. The Morgan fingerprint density at radius 2 is 1.73 bits per heavy atom. The van der Waals surface area contributed by atoms with E-state index < -0.39 is 5.54 Å². The van der Waals surface area contributed by atoms with Gasteiger partial charge in [-0.2, -0.15) is 0 Å². The first-order chi connectivity index (χ1) is 10.3. The number of esters is 1. The number of hydrogen-bond acceptors (Lipinski definition) is 4. The van der Waals surface area contributed by atoms with E-state index in [0.29, 0.717) is 17.8 Å². The summed E-state index contributed by atoms with van der Waals surface area (Å²) in [6, 6.07) is 0.217. The monoisotopic (exact) mass is 308 g/mol. The van der Waals surface area contributed by atoms with Crippen molar-refractivity contribution in [1.82, 2.24) is 10.6 Å². The quantitative estimate of drug-likeness (QED) is 0.772. The van der Waals surface area contributed by atoms with Gasteiger partial charge in [0.25, 0.3) is 0 Å². The Balaban J connectivity index is 1.76. The summed E-state index contributed by atoms with van der Waals surface area (Å²) >= 11 is 0. The zero-order chi connectivity index (χ0) is 16.1. The van der Waals surface area contributed by atoms with Crippen LogP contribution in [0.1, 0.15) is 46.0 Å². The van der Waals surface area contributed by atoms with Crippen LogP contribution in [0.15, 0.2) is 0 Å². The van der Waals surface area contributed by atoms with E-state index in [9.17, 15) is 9.59 Å². The van der Waals surface area contributed by atoms with Gasteiger partial charge in [-0.15, -0.1) is 0 Å². The summed E-state index contributed by atoms with van der Waals surface area (Å²) < 4.78 is 5.09. The van der Waals surface area contributed by atoms with E-state index in [2.05, 4.69) is 10.6 Å². The molecule has 0 aromatic carbocycles. The molecule has 2 atom stereocenters. The molecule has 5 nitrogen and oxygen atoms in total. The number of likely N-dealkylation sites (N-methyl/N-ethyl adjacent to an activating group) is 1. The number of rotatable bonds is 4. The number of carbonyl (C=O) groups is 2. The first-order valence-corrected chi connectivity index (χ1v) is 8.39. The minimum atomic E-state index is -0.561. The molecule has 0 spiro atoms. The summed E-state index contributed by atoms with van der Waals surface area (Å²) in [4.78, 5) is 24.8. The average Bonchev–Trinajstić information content (AvgIpc) is 2.49. The molecule has 4 aliphatic carbocycles. The lowest BCUT2D eigenvalue weighted by Crippen LogP contribution is -2.64. The lowest BCUT2D eigenvalue weighted by molar-refractivity contribution is -0.171. The Morgan fingerprint density at radius 3 is 2.23 bits per heavy atom. The van der Waals surface area contributed by atoms with E-state index in [-0.39, 0.29) is 23.3 Å². The molecule has 5 heteroatoms. The fraction of sp³-hybridized carbons (Fsp3) is 0.882. The maximum absolute atomic E-state index is 12.5. The third-order valence-corrected chi connectivity index (χ3v) is 6.38. The van der Waals surface area contributed by atoms with Crippen molar-refractivity contribution in [3.63, 3.8) is 0 Å². The Kier molecular flexibility index (Phi) is 3.75. The second kappa shape index (κ2) is 5.22. The van der Waals surface area contributed by atoms with E-state index in [1.54, 1.807) is 0 Å². The third-order valence-electron chi connectivity index (χ3n) is 6.38. The number of methoxy groups -OCH3 is 1. The molecule has 0 heterocycles. The number of nitrogens with one attached hydrogen (secondary N) is 2. The Morgan fingerprint density at radius 1 is 1.14 bits per heavy atom. The fourth-order valence-corrected chi connectivity index (χ4v) is 5.17. The highest BCUT2D eigenvalue weighted by molar-refractivity contribution is 5.85. The molecular formula is C17H28N2O3. The maximum Gasteiger partial charge on any atom is 0.311 e. The standard InChI is InChI=1S/C17H28N2O3/c1-16(2,18-3)14(20)19-13-11-5-10-6-12(13)9-17(7-10,8-11)15(21)22-4/h10-13,18H,5-9H2,1-4H3,(H,19,20). The Bertz CT molecular complexity index is 472. The molecule has 2 unspecified atom stereocenters. The summed E-state index contributed by atoms with van der Waals surface area (Å²) in [6.07, 6.45) is 5.00. The normalized spacial score (nSPS) is 39.6. The molecule has 0 aliphatic heterocycles. The SMILES string of the molecule is CNC(C)(C)C(=O)NC1C2CC3CC1CC(C(=O)OC)(C3)C2. The fourth-order valence-electron chi connectivity index (χ4n) is 5.17. The second-order valence-electron chi connectivity index (χ2n) is 8.12. The lowest BCUT2D eigenvalue weighted by atomic mass is 9.48. The van der Waals surface area contributed by atoms with Gasteiger partial charge < -0.3 is 15.4 Å². The molecule has 1 amide bonds. The van der Waals surface area contributed by atoms with Gasteiger partial charge >= 0.3 is 5.97 Å². The van der Waals surface area contributed by atoms with Crippen LogP contribution in [0.3, 0.4) is 0 Å². The number of carbonyl (C=O) groups excluding carboxylic acids is 2. The average molecular weight is 308 g/mol. The minimum absolute atomic E-state index is 0.0350. The molecule has 4 rings (SSSR count). The smallest absolute Gasteiger partial charge is 0.311 e. The molecule has 0 aromatic rings. The predicted octanol–water partition coefficient (Wildman–Crippen LogP) is 1.47. The van der Waals surface area contributed by atoms with Crippen LogP contribution < -0.4 is 10.6 Å². The lowest BCUT2D eigenvalue weighted by Gasteiger charge is -2.58. The van der Waals surface area contributed by atoms with Gasteiger partial charge in [0.15, 0.2) is 0 Å². The maximum atomic E-state index is 12.5. The highest BCUT2D eigenvalue weighted by Crippen LogP contribution is 2.60. The van der Waals surface area contributed by atoms with Crippen molar-refractivity contribution >= 4 is 11.9 Å². The van der Waals surface area contributed by atoms with E-state index in [4.69, 9.17) is 4.74 Å². The van der Waals surface area contributed by atoms with E-state index in [1.165, 1.54) is 7.11 Å². The van der Waals surface area contributed by atoms with Crippen LogP contribution in [-0.2, 0) is 14.3 Å². The van der Waals surface area contributed by atoms with Crippen LogP contribution in [0, 0.1) is 23.2 Å². The molecule has 0 aromatic heterocycles.